The van der Waals surface area contributed by atoms with Gasteiger partial charge in [0.25, 0.3) is 5.91 Å². The first-order chi connectivity index (χ1) is 7.70. The van der Waals surface area contributed by atoms with E-state index in [1.165, 1.54) is 31.3 Å². The van der Waals surface area contributed by atoms with E-state index in [-0.39, 0.29) is 11.8 Å². The van der Waals surface area contributed by atoms with Crippen LogP contribution in [-0.4, -0.2) is 11.8 Å². The molecule has 1 aliphatic carbocycles. The molecule has 1 atom stereocenters. The van der Waals surface area contributed by atoms with Gasteiger partial charge in [-0.15, -0.1) is 0 Å². The monoisotopic (exact) mass is 221 g/mol. The summed E-state index contributed by atoms with van der Waals surface area (Å²) in [6.07, 6.45) is 7.16. The maximum absolute atomic E-state index is 11.6. The lowest BCUT2D eigenvalue weighted by atomic mass is 9.96. The van der Waals surface area contributed by atoms with Gasteiger partial charge in [-0.3, -0.25) is 14.9 Å². The van der Waals surface area contributed by atoms with E-state index in [0.29, 0.717) is 6.42 Å². The molecule has 0 aromatic heterocycles. The Kier molecular flexibility index (Phi) is 3.42. The fourth-order valence-electron chi connectivity index (χ4n) is 2.73. The number of carbonyl (C=O) groups is 2. The van der Waals surface area contributed by atoms with Gasteiger partial charge in [-0.2, -0.15) is 0 Å². The highest BCUT2D eigenvalue weighted by Gasteiger charge is 2.27. The summed E-state index contributed by atoms with van der Waals surface area (Å²) in [5, 5.41) is 2.37. The highest BCUT2D eigenvalue weighted by molar-refractivity contribution is 6.13. The van der Waals surface area contributed by atoms with Crippen molar-refractivity contribution in [3.05, 3.63) is 11.1 Å². The van der Waals surface area contributed by atoms with Crippen LogP contribution in [0.1, 0.15) is 51.9 Å². The first-order valence-corrected chi connectivity index (χ1v) is 6.25. The smallest absolute Gasteiger partial charge is 0.254 e. The summed E-state index contributed by atoms with van der Waals surface area (Å²) in [5.74, 6) is 0.525. The van der Waals surface area contributed by atoms with Gasteiger partial charge in [0.15, 0.2) is 0 Å². The Balaban J connectivity index is 2.12. The lowest BCUT2D eigenvalue weighted by molar-refractivity contribution is -0.124. The standard InChI is InChI=1S/C13H19NO2/c1-2-9-4-3-5-10(7-6-9)11-8-12(15)14-13(11)16/h9H,2-8H2,1H3,(H,14,15,16). The van der Waals surface area contributed by atoms with Crippen molar-refractivity contribution in [2.45, 2.75) is 51.9 Å². The summed E-state index contributed by atoms with van der Waals surface area (Å²) in [6.45, 7) is 2.23. The molecule has 2 aliphatic rings. The molecule has 2 fully saturated rings. The highest BCUT2D eigenvalue weighted by atomic mass is 16.2. The summed E-state index contributed by atoms with van der Waals surface area (Å²) >= 11 is 0. The van der Waals surface area contributed by atoms with E-state index in [2.05, 4.69) is 12.2 Å². The summed E-state index contributed by atoms with van der Waals surface area (Å²) in [5.41, 5.74) is 2.00. The van der Waals surface area contributed by atoms with Crippen LogP contribution in [0.3, 0.4) is 0 Å². The van der Waals surface area contributed by atoms with Crippen LogP contribution in [0.5, 0.6) is 0 Å². The van der Waals surface area contributed by atoms with Crippen molar-refractivity contribution in [3.8, 4) is 0 Å². The van der Waals surface area contributed by atoms with E-state index >= 15 is 0 Å². The summed E-state index contributed by atoms with van der Waals surface area (Å²) < 4.78 is 0. The first kappa shape index (κ1) is 11.4. The van der Waals surface area contributed by atoms with Crippen LogP contribution in [0, 0.1) is 5.92 Å². The van der Waals surface area contributed by atoms with Gasteiger partial charge >= 0.3 is 0 Å². The molecule has 2 rings (SSSR count). The van der Waals surface area contributed by atoms with Gasteiger partial charge in [-0.1, -0.05) is 25.3 Å². The minimum atomic E-state index is -0.144. The second kappa shape index (κ2) is 4.81. The molecular weight excluding hydrogens is 202 g/mol. The van der Waals surface area contributed by atoms with Gasteiger partial charge < -0.3 is 0 Å². The Morgan fingerprint density at radius 1 is 1.25 bits per heavy atom. The molecular formula is C13H19NO2. The van der Waals surface area contributed by atoms with E-state index in [9.17, 15) is 9.59 Å². The predicted molar refractivity (Wildman–Crippen MR) is 61.7 cm³/mol. The highest BCUT2D eigenvalue weighted by Crippen LogP contribution is 2.32. The van der Waals surface area contributed by atoms with Crippen LogP contribution < -0.4 is 5.32 Å². The van der Waals surface area contributed by atoms with Crippen LogP contribution in [0.25, 0.3) is 0 Å². The van der Waals surface area contributed by atoms with Crippen LogP contribution in [0.2, 0.25) is 0 Å². The Labute approximate surface area is 96.3 Å². The number of amides is 2. The summed E-state index contributed by atoms with van der Waals surface area (Å²) in [7, 11) is 0. The molecule has 0 aromatic rings. The fraction of sp³-hybridized carbons (Fsp3) is 0.692. The molecule has 1 saturated heterocycles. The number of nitrogens with one attached hydrogen (secondary N) is 1. The molecule has 0 aromatic carbocycles. The molecule has 3 heteroatoms. The van der Waals surface area contributed by atoms with Crippen LogP contribution in [0.15, 0.2) is 11.1 Å². The average Bonchev–Trinajstić information content (AvgIpc) is 2.51. The molecule has 1 saturated carbocycles. The number of hydrogen-bond donors (Lipinski definition) is 1. The van der Waals surface area contributed by atoms with Gasteiger partial charge in [0, 0.05) is 5.57 Å². The first-order valence-electron chi connectivity index (χ1n) is 6.25. The number of carbonyl (C=O) groups excluding carboxylic acids is 2. The lowest BCUT2D eigenvalue weighted by Crippen LogP contribution is -2.19. The van der Waals surface area contributed by atoms with E-state index in [1.807, 2.05) is 0 Å². The number of hydrogen-bond acceptors (Lipinski definition) is 2. The number of imide groups is 1. The molecule has 1 unspecified atom stereocenters. The quantitative estimate of drug-likeness (QED) is 0.419. The van der Waals surface area contributed by atoms with Gasteiger partial charge in [0.1, 0.15) is 0 Å². The zero-order chi connectivity index (χ0) is 11.5. The maximum Gasteiger partial charge on any atom is 0.254 e. The summed E-state index contributed by atoms with van der Waals surface area (Å²) in [6, 6.07) is 0. The Morgan fingerprint density at radius 3 is 2.69 bits per heavy atom. The van der Waals surface area contributed by atoms with Crippen LogP contribution >= 0.6 is 0 Å². The van der Waals surface area contributed by atoms with Gasteiger partial charge in [-0.05, 0) is 31.6 Å². The second-order valence-corrected chi connectivity index (χ2v) is 4.84. The molecule has 3 nitrogen and oxygen atoms in total. The van der Waals surface area contributed by atoms with Crippen LogP contribution in [-0.2, 0) is 9.59 Å². The van der Waals surface area contributed by atoms with E-state index in [1.54, 1.807) is 0 Å². The largest absolute Gasteiger partial charge is 0.292 e. The van der Waals surface area contributed by atoms with Gasteiger partial charge in [0.2, 0.25) is 5.91 Å². The Bertz CT molecular complexity index is 344. The molecule has 1 N–H and O–H groups in total. The third-order valence-corrected chi connectivity index (χ3v) is 3.81. The second-order valence-electron chi connectivity index (χ2n) is 4.84. The summed E-state index contributed by atoms with van der Waals surface area (Å²) in [4.78, 5) is 22.7. The topological polar surface area (TPSA) is 46.2 Å². The minimum Gasteiger partial charge on any atom is -0.292 e. The molecule has 0 spiro atoms. The molecule has 2 amide bonds. The van der Waals surface area contributed by atoms with Crippen molar-refractivity contribution in [3.63, 3.8) is 0 Å². The molecule has 1 heterocycles. The zero-order valence-corrected chi connectivity index (χ0v) is 9.84. The van der Waals surface area contributed by atoms with Gasteiger partial charge in [0.05, 0.1) is 6.42 Å². The molecule has 16 heavy (non-hydrogen) atoms. The third-order valence-electron chi connectivity index (χ3n) is 3.81. The molecule has 1 aliphatic heterocycles. The van der Waals surface area contributed by atoms with E-state index < -0.39 is 0 Å². The molecule has 0 radical (unpaired) electrons. The number of rotatable bonds is 1. The average molecular weight is 221 g/mol. The zero-order valence-electron chi connectivity index (χ0n) is 9.84. The van der Waals surface area contributed by atoms with Crippen molar-refractivity contribution in [1.82, 2.24) is 5.32 Å². The van der Waals surface area contributed by atoms with Crippen molar-refractivity contribution in [1.29, 1.82) is 0 Å². The van der Waals surface area contributed by atoms with E-state index in [4.69, 9.17) is 0 Å². The number of allylic oxidation sites excluding steroid dienone is 1. The van der Waals surface area contributed by atoms with Crippen molar-refractivity contribution in [2.75, 3.05) is 0 Å². The lowest BCUT2D eigenvalue weighted by Gasteiger charge is -2.09. The normalized spacial score (nSPS) is 31.4. The SMILES string of the molecule is CCC1CCCC(=C2CC(=O)NC2=O)CC1. The van der Waals surface area contributed by atoms with Crippen LogP contribution in [0.4, 0.5) is 0 Å². The molecule has 88 valence electrons. The Morgan fingerprint density at radius 2 is 2.06 bits per heavy atom. The van der Waals surface area contributed by atoms with Crippen molar-refractivity contribution < 1.29 is 9.59 Å². The maximum atomic E-state index is 11.6. The van der Waals surface area contributed by atoms with Crippen molar-refractivity contribution in [2.24, 2.45) is 5.92 Å². The Hall–Kier alpha value is -1.12. The third kappa shape index (κ3) is 2.34. The molecule has 0 bridgehead atoms. The van der Waals surface area contributed by atoms with Gasteiger partial charge in [-0.25, -0.2) is 0 Å². The predicted octanol–water partition coefficient (Wildman–Crippen LogP) is 2.32. The fourth-order valence-corrected chi connectivity index (χ4v) is 2.73. The minimum absolute atomic E-state index is 0.135. The van der Waals surface area contributed by atoms with E-state index in [0.717, 1.165) is 24.3 Å². The van der Waals surface area contributed by atoms with Crippen molar-refractivity contribution >= 4 is 11.8 Å².